The Kier molecular flexibility index (Phi) is 24.0. The number of pyridine rings is 1. The Hall–Kier alpha value is -4.19. The first-order valence-electron chi connectivity index (χ1n) is 28.7. The molecule has 20 nitrogen and oxygen atoms in total. The third-order valence-corrected chi connectivity index (χ3v) is 17.1. The predicted octanol–water partition coefficient (Wildman–Crippen LogP) is 5.67. The standard InChI is InChI=1S/C60H95N3O17/c1-17-20-28-74-56(70)42-33-63(19-3)43-24-23-40(30-41(43)49(42)66)22-21-26-61-27-25-46(64)78-54-39(9)76-47(32-59(54,11)73-16)79-51-37(7)53(80-57-50(67)44(62(13)14)29-35(5)75-57)58(10,72-15)31-34(4)48(65)36(6)52(68)60(12,71)45(18-2)77-55(69)38(51)8/h17,23-24,30,33-39,44-45,47,50-54,57,61,67-68,71H,1,18-22,25-29,31-32H2,2-16H3/t34-,35+,36-,37+,38+,39-,44-,45-,47-,50-,51-,52+,53+,54+,57-,58+,59-,60+/m0/s1. The molecule has 18 atom stereocenters. The number of methoxy groups -OCH3 is 2. The number of Topliss-reactive ketones (excluding diaryl/α,β-unsaturated/α-hetero) is 1. The largest absolute Gasteiger partial charge is 0.462 e. The molecule has 2 aromatic rings. The topological polar surface area (TPSA) is 249 Å². The smallest absolute Gasteiger partial charge is 0.343 e. The van der Waals surface area contributed by atoms with Crippen molar-refractivity contribution in [3.8, 4) is 0 Å². The van der Waals surface area contributed by atoms with Gasteiger partial charge in [0.05, 0.1) is 60.6 Å². The highest BCUT2D eigenvalue weighted by atomic mass is 16.7. The summed E-state index contributed by atoms with van der Waals surface area (Å²) in [6.45, 7) is 24.2. The first-order valence-corrected chi connectivity index (χ1v) is 28.7. The van der Waals surface area contributed by atoms with Gasteiger partial charge < -0.3 is 72.7 Å². The van der Waals surface area contributed by atoms with Gasteiger partial charge >= 0.3 is 17.9 Å². The molecule has 0 radical (unpaired) electrons. The van der Waals surface area contributed by atoms with Crippen LogP contribution in [-0.2, 0) is 70.0 Å². The van der Waals surface area contributed by atoms with E-state index in [2.05, 4.69) is 11.9 Å². The average Bonchev–Trinajstić information content (AvgIpc) is 3.47. The minimum absolute atomic E-state index is 0.0140. The number of aliphatic hydroxyl groups is 3. The van der Waals surface area contributed by atoms with Crippen LogP contribution in [-0.4, -0.2) is 181 Å². The number of fused-ring (bicyclic) bond motifs is 1. The summed E-state index contributed by atoms with van der Waals surface area (Å²) in [6.07, 6.45) is -4.52. The van der Waals surface area contributed by atoms with Gasteiger partial charge in [0.15, 0.2) is 18.7 Å². The van der Waals surface area contributed by atoms with E-state index in [1.165, 1.54) is 21.1 Å². The summed E-state index contributed by atoms with van der Waals surface area (Å²) in [6, 6.07) is 5.35. The Morgan fingerprint density at radius 2 is 1.60 bits per heavy atom. The Morgan fingerprint density at radius 3 is 2.23 bits per heavy atom. The van der Waals surface area contributed by atoms with Crippen LogP contribution in [0.25, 0.3) is 10.9 Å². The number of nitrogens with one attached hydrogen (secondary N) is 1. The van der Waals surface area contributed by atoms with Crippen LogP contribution in [0.4, 0.5) is 0 Å². The second-order valence-corrected chi connectivity index (χ2v) is 23.4. The predicted molar refractivity (Wildman–Crippen MR) is 300 cm³/mol. The first-order chi connectivity index (χ1) is 37.6. The molecule has 3 fully saturated rings. The Bertz CT molecular complexity index is 2470. The van der Waals surface area contributed by atoms with Crippen molar-refractivity contribution < 1.29 is 77.1 Å². The molecular weight excluding hydrogens is 1030 g/mol. The van der Waals surface area contributed by atoms with E-state index in [1.807, 2.05) is 62.5 Å². The SMILES string of the molecule is C=CCCOC(=O)c1cn(CC)c2ccc(CCCNCCC(=O)O[C@@H]3[C@H](C)O[C@@H](O[C@H]4[C@@H](C)[C@@H](O[C@@H]5O[C@H](C)C[C@H](N(C)C)[C@@H]5O)[C@](C)(OC)C[C@H](C)C(=O)[C@H](C)[C@@H](O)[C@](C)(O)[C@H](CC)OC(=O)[C@@H]4C)C[C@]3(C)OC)cc2c1=O. The maximum Gasteiger partial charge on any atom is 0.343 e. The number of aryl methyl sites for hydroxylation is 2. The van der Waals surface area contributed by atoms with E-state index in [0.717, 1.165) is 11.1 Å². The van der Waals surface area contributed by atoms with Gasteiger partial charge in [0.2, 0.25) is 5.43 Å². The second-order valence-electron chi connectivity index (χ2n) is 23.4. The monoisotopic (exact) mass is 1130 g/mol. The zero-order chi connectivity index (χ0) is 59.6. The second kappa shape index (κ2) is 28.9. The van der Waals surface area contributed by atoms with Crippen LogP contribution in [0.15, 0.2) is 41.8 Å². The molecule has 4 N–H and O–H groups in total. The van der Waals surface area contributed by atoms with Crippen LogP contribution in [0.1, 0.15) is 137 Å². The number of likely N-dealkylation sites (N-methyl/N-ethyl adjacent to an activating group) is 1. The Balaban J connectivity index is 1.33. The van der Waals surface area contributed by atoms with Crippen LogP contribution in [0, 0.1) is 23.7 Å². The molecule has 452 valence electrons. The lowest BCUT2D eigenvalue weighted by Crippen LogP contribution is -2.61. The van der Waals surface area contributed by atoms with Gasteiger partial charge in [-0.2, -0.15) is 0 Å². The Morgan fingerprint density at radius 1 is 0.925 bits per heavy atom. The maximum atomic E-state index is 14.6. The number of benzene rings is 1. The van der Waals surface area contributed by atoms with Gasteiger partial charge in [-0.15, -0.1) is 6.58 Å². The molecule has 5 rings (SSSR count). The summed E-state index contributed by atoms with van der Waals surface area (Å²) in [5.74, 6) is -5.98. The number of nitrogens with zero attached hydrogens (tertiary/aromatic N) is 2. The van der Waals surface area contributed by atoms with Gasteiger partial charge in [-0.1, -0.05) is 39.8 Å². The number of ether oxygens (including phenoxy) is 9. The normalized spacial score (nSPS) is 35.8. The Labute approximate surface area is 473 Å². The number of carbonyl (C=O) groups excluding carboxylic acids is 4. The molecular formula is C60H95N3O17. The van der Waals surface area contributed by atoms with Crippen molar-refractivity contribution >= 4 is 34.6 Å². The van der Waals surface area contributed by atoms with Gasteiger partial charge in [-0.05, 0) is 125 Å². The number of hydrogen-bond acceptors (Lipinski definition) is 19. The number of aliphatic hydroxyl groups excluding tert-OH is 2. The maximum absolute atomic E-state index is 14.6. The van der Waals surface area contributed by atoms with Gasteiger partial charge in [0, 0.05) is 69.1 Å². The lowest BCUT2D eigenvalue weighted by atomic mass is 9.74. The molecule has 0 amide bonds. The lowest BCUT2D eigenvalue weighted by Gasteiger charge is -2.50. The number of esters is 3. The van der Waals surface area contributed by atoms with Crippen molar-refractivity contribution in [3.63, 3.8) is 0 Å². The molecule has 3 aliphatic rings. The van der Waals surface area contributed by atoms with Crippen LogP contribution >= 0.6 is 0 Å². The van der Waals surface area contributed by atoms with Gasteiger partial charge in [0.25, 0.3) is 0 Å². The summed E-state index contributed by atoms with van der Waals surface area (Å²) in [7, 11) is 6.74. The lowest BCUT2D eigenvalue weighted by molar-refractivity contribution is -0.320. The van der Waals surface area contributed by atoms with Gasteiger partial charge in [-0.25, -0.2) is 4.79 Å². The van der Waals surface area contributed by atoms with Gasteiger partial charge in [-0.3, -0.25) is 19.2 Å². The van der Waals surface area contributed by atoms with Crippen LogP contribution < -0.4 is 10.7 Å². The van der Waals surface area contributed by atoms with E-state index in [1.54, 1.807) is 60.7 Å². The van der Waals surface area contributed by atoms with Crippen molar-refractivity contribution in [1.82, 2.24) is 14.8 Å². The van der Waals surface area contributed by atoms with E-state index >= 15 is 0 Å². The molecule has 0 bridgehead atoms. The number of aromatic nitrogens is 1. The minimum atomic E-state index is -2.03. The zero-order valence-corrected chi connectivity index (χ0v) is 50.2. The molecule has 0 unspecified atom stereocenters. The minimum Gasteiger partial charge on any atom is -0.462 e. The summed E-state index contributed by atoms with van der Waals surface area (Å²) in [5, 5.41) is 39.1. The third-order valence-electron chi connectivity index (χ3n) is 17.1. The fourth-order valence-corrected chi connectivity index (χ4v) is 12.0. The molecule has 0 saturated carbocycles. The van der Waals surface area contributed by atoms with Crippen molar-refractivity contribution in [1.29, 1.82) is 0 Å². The van der Waals surface area contributed by atoms with Crippen LogP contribution in [0.3, 0.4) is 0 Å². The molecule has 4 heterocycles. The number of cyclic esters (lactones) is 1. The molecule has 3 aliphatic heterocycles. The third kappa shape index (κ3) is 15.5. The summed E-state index contributed by atoms with van der Waals surface area (Å²) >= 11 is 0. The highest BCUT2D eigenvalue weighted by Gasteiger charge is 2.55. The fourth-order valence-electron chi connectivity index (χ4n) is 12.0. The summed E-state index contributed by atoms with van der Waals surface area (Å²) in [5.41, 5.74) is -3.26. The molecule has 0 spiro atoms. The van der Waals surface area contributed by atoms with E-state index in [-0.39, 0.29) is 61.2 Å². The van der Waals surface area contributed by atoms with Crippen LogP contribution in [0.2, 0.25) is 0 Å². The number of rotatable bonds is 21. The zero-order valence-electron chi connectivity index (χ0n) is 50.2. The molecule has 3 saturated heterocycles. The number of hydrogen-bond donors (Lipinski definition) is 4. The van der Waals surface area contributed by atoms with Crippen LogP contribution in [0.5, 0.6) is 0 Å². The first kappa shape index (κ1) is 66.6. The molecule has 80 heavy (non-hydrogen) atoms. The van der Waals surface area contributed by atoms with E-state index in [4.69, 9.17) is 42.6 Å². The highest BCUT2D eigenvalue weighted by Crippen LogP contribution is 2.42. The summed E-state index contributed by atoms with van der Waals surface area (Å²) < 4.78 is 58.6. The highest BCUT2D eigenvalue weighted by molar-refractivity contribution is 5.94. The van der Waals surface area contributed by atoms with E-state index in [9.17, 15) is 39.3 Å². The average molecular weight is 1130 g/mol. The molecule has 1 aromatic heterocycles. The fraction of sp³-hybridized carbons (Fsp3) is 0.750. The molecule has 0 aliphatic carbocycles. The summed E-state index contributed by atoms with van der Waals surface area (Å²) in [4.78, 5) is 70.6. The van der Waals surface area contributed by atoms with Crippen molar-refractivity contribution in [2.75, 3.05) is 48.0 Å². The van der Waals surface area contributed by atoms with Crippen molar-refractivity contribution in [2.24, 2.45) is 23.7 Å². The van der Waals surface area contributed by atoms with Crippen molar-refractivity contribution in [3.05, 3.63) is 58.4 Å². The number of carbonyl (C=O) groups is 4. The quantitative estimate of drug-likeness (QED) is 0.0509. The number of ketones is 1. The molecule has 1 aromatic carbocycles. The van der Waals surface area contributed by atoms with E-state index in [0.29, 0.717) is 50.7 Å². The van der Waals surface area contributed by atoms with Gasteiger partial charge in [0.1, 0.15) is 34.8 Å². The van der Waals surface area contributed by atoms with Crippen molar-refractivity contribution in [2.45, 2.75) is 218 Å². The van der Waals surface area contributed by atoms with E-state index < -0.39 is 114 Å². The molecule has 20 heteroatoms.